The van der Waals surface area contributed by atoms with E-state index in [4.69, 9.17) is 16.1 Å². The molecule has 23 heavy (non-hydrogen) atoms. The van der Waals surface area contributed by atoms with Crippen LogP contribution in [0.15, 0.2) is 29.2 Å². The van der Waals surface area contributed by atoms with Crippen LogP contribution in [-0.2, 0) is 0 Å². The van der Waals surface area contributed by atoms with Crippen molar-refractivity contribution < 1.29 is 4.52 Å². The average molecular weight is 331 g/mol. The summed E-state index contributed by atoms with van der Waals surface area (Å²) in [5.74, 6) is 1.83. The van der Waals surface area contributed by atoms with Crippen LogP contribution in [0.2, 0.25) is 5.02 Å². The number of hydrogen-bond acceptors (Lipinski definition) is 7. The molecule has 4 rings (SSSR count). The van der Waals surface area contributed by atoms with Crippen LogP contribution < -0.4 is 9.80 Å². The van der Waals surface area contributed by atoms with Gasteiger partial charge >= 0.3 is 0 Å². The van der Waals surface area contributed by atoms with Gasteiger partial charge in [-0.25, -0.2) is 9.97 Å². The normalized spacial score (nSPS) is 15.4. The van der Waals surface area contributed by atoms with E-state index in [9.17, 15) is 0 Å². The number of rotatable bonds is 2. The zero-order valence-electron chi connectivity index (χ0n) is 12.6. The quantitative estimate of drug-likeness (QED) is 0.714. The van der Waals surface area contributed by atoms with Gasteiger partial charge in [0.05, 0.1) is 10.7 Å². The molecule has 0 amide bonds. The maximum Gasteiger partial charge on any atom is 0.263 e. The topological polar surface area (TPSA) is 71.2 Å². The average Bonchev–Trinajstić information content (AvgIpc) is 2.97. The van der Waals surface area contributed by atoms with Gasteiger partial charge in [-0.15, -0.1) is 0 Å². The van der Waals surface area contributed by atoms with Gasteiger partial charge in [0, 0.05) is 32.4 Å². The fraction of sp³-hybridized carbons (Fsp3) is 0.333. The maximum absolute atomic E-state index is 5.90. The van der Waals surface area contributed by atoms with Crippen LogP contribution >= 0.6 is 11.6 Å². The Bertz CT molecular complexity index is 826. The zero-order chi connectivity index (χ0) is 15.8. The number of aromatic nitrogens is 4. The molecule has 0 aromatic carbocycles. The van der Waals surface area contributed by atoms with Crippen molar-refractivity contribution in [1.82, 2.24) is 20.1 Å². The van der Waals surface area contributed by atoms with Crippen LogP contribution in [0.5, 0.6) is 0 Å². The van der Waals surface area contributed by atoms with Crippen LogP contribution in [0.3, 0.4) is 0 Å². The predicted molar refractivity (Wildman–Crippen MR) is 88.0 cm³/mol. The van der Waals surface area contributed by atoms with Crippen molar-refractivity contribution in [2.45, 2.75) is 6.92 Å². The first kappa shape index (κ1) is 14.2. The highest BCUT2D eigenvalue weighted by molar-refractivity contribution is 6.30. The van der Waals surface area contributed by atoms with Crippen molar-refractivity contribution in [2.24, 2.45) is 0 Å². The second kappa shape index (κ2) is 5.66. The minimum atomic E-state index is 0.536. The van der Waals surface area contributed by atoms with Crippen molar-refractivity contribution in [3.63, 3.8) is 0 Å². The molecule has 0 aliphatic carbocycles. The van der Waals surface area contributed by atoms with Gasteiger partial charge in [0.2, 0.25) is 0 Å². The highest BCUT2D eigenvalue weighted by atomic mass is 35.5. The summed E-state index contributed by atoms with van der Waals surface area (Å²) in [6.45, 7) is 5.34. The van der Waals surface area contributed by atoms with Crippen LogP contribution in [0.1, 0.15) is 5.69 Å². The number of halogens is 1. The molecular weight excluding hydrogens is 316 g/mol. The Morgan fingerprint density at radius 1 is 1.04 bits per heavy atom. The van der Waals surface area contributed by atoms with Gasteiger partial charge < -0.3 is 14.3 Å². The van der Waals surface area contributed by atoms with Crippen molar-refractivity contribution >= 4 is 34.3 Å². The van der Waals surface area contributed by atoms with E-state index in [2.05, 4.69) is 29.9 Å². The molecule has 3 aromatic heterocycles. The summed E-state index contributed by atoms with van der Waals surface area (Å²) in [4.78, 5) is 17.4. The number of piperazine rings is 1. The first-order valence-electron chi connectivity index (χ1n) is 7.41. The molecule has 0 unspecified atom stereocenters. The lowest BCUT2D eigenvalue weighted by Crippen LogP contribution is -2.47. The Labute approximate surface area is 137 Å². The molecule has 0 radical (unpaired) electrons. The summed E-state index contributed by atoms with van der Waals surface area (Å²) < 4.78 is 5.22. The van der Waals surface area contributed by atoms with Crippen LogP contribution in [-0.4, -0.2) is 46.3 Å². The summed E-state index contributed by atoms with van der Waals surface area (Å²) in [6.07, 6.45) is 3.20. The molecule has 0 bridgehead atoms. The van der Waals surface area contributed by atoms with E-state index >= 15 is 0 Å². The molecule has 1 aliphatic rings. The smallest absolute Gasteiger partial charge is 0.263 e. The number of anilines is 2. The van der Waals surface area contributed by atoms with E-state index in [1.54, 1.807) is 6.20 Å². The van der Waals surface area contributed by atoms with E-state index in [0.29, 0.717) is 10.7 Å². The second-order valence-corrected chi connectivity index (χ2v) is 5.89. The predicted octanol–water partition coefficient (Wildman–Crippen LogP) is 2.30. The number of hydrogen-bond donors (Lipinski definition) is 0. The summed E-state index contributed by atoms with van der Waals surface area (Å²) in [7, 11) is 0. The Morgan fingerprint density at radius 2 is 1.83 bits per heavy atom. The largest absolute Gasteiger partial charge is 0.353 e. The molecule has 4 heterocycles. The molecule has 1 fully saturated rings. The molecule has 0 N–H and O–H groups in total. The third-order valence-corrected chi connectivity index (χ3v) is 4.26. The molecular formula is C15H15ClN6O. The van der Waals surface area contributed by atoms with Gasteiger partial charge in [-0.3, -0.25) is 0 Å². The van der Waals surface area contributed by atoms with Crippen LogP contribution in [0.4, 0.5) is 11.6 Å². The van der Waals surface area contributed by atoms with E-state index in [1.165, 1.54) is 6.33 Å². The summed E-state index contributed by atoms with van der Waals surface area (Å²) >= 11 is 5.90. The fourth-order valence-corrected chi connectivity index (χ4v) is 2.96. The standard InChI is InChI=1S/C15H15ClN6O/c1-10-13-14(18-9-19-15(13)23-20-10)22-6-4-21(5-7-22)12-3-2-11(16)8-17-12/h2-3,8-9H,4-7H2,1H3. The maximum atomic E-state index is 5.90. The third-order valence-electron chi connectivity index (χ3n) is 4.04. The van der Waals surface area contributed by atoms with Gasteiger partial charge in [0.25, 0.3) is 5.71 Å². The summed E-state index contributed by atoms with van der Waals surface area (Å²) in [5.41, 5.74) is 1.35. The molecule has 3 aromatic rings. The molecule has 7 nitrogen and oxygen atoms in total. The van der Waals surface area contributed by atoms with Gasteiger partial charge in [0.1, 0.15) is 23.3 Å². The van der Waals surface area contributed by atoms with E-state index in [-0.39, 0.29) is 0 Å². The highest BCUT2D eigenvalue weighted by Gasteiger charge is 2.23. The van der Waals surface area contributed by atoms with Gasteiger partial charge in [-0.05, 0) is 19.1 Å². The molecule has 118 valence electrons. The number of pyridine rings is 1. The SMILES string of the molecule is Cc1noc2ncnc(N3CCN(c4ccc(Cl)cn4)CC3)c12. The minimum absolute atomic E-state index is 0.536. The first-order chi connectivity index (χ1) is 11.2. The molecule has 0 spiro atoms. The Hall–Kier alpha value is -2.41. The van der Waals surface area contributed by atoms with Crippen molar-refractivity contribution in [3.05, 3.63) is 35.4 Å². The highest BCUT2D eigenvalue weighted by Crippen LogP contribution is 2.27. The van der Waals surface area contributed by atoms with Crippen molar-refractivity contribution in [3.8, 4) is 0 Å². The monoisotopic (exact) mass is 330 g/mol. The third kappa shape index (κ3) is 2.57. The molecule has 1 saturated heterocycles. The van der Waals surface area contributed by atoms with Gasteiger partial charge in [-0.1, -0.05) is 16.8 Å². The van der Waals surface area contributed by atoms with E-state index in [0.717, 1.165) is 48.9 Å². The first-order valence-corrected chi connectivity index (χ1v) is 7.78. The van der Waals surface area contributed by atoms with Crippen molar-refractivity contribution in [1.29, 1.82) is 0 Å². The Morgan fingerprint density at radius 3 is 2.57 bits per heavy atom. The molecule has 1 aliphatic heterocycles. The number of nitrogens with zero attached hydrogens (tertiary/aromatic N) is 6. The second-order valence-electron chi connectivity index (χ2n) is 5.45. The van der Waals surface area contributed by atoms with Crippen LogP contribution in [0.25, 0.3) is 11.1 Å². The number of fused-ring (bicyclic) bond motifs is 1. The molecule has 0 saturated carbocycles. The lowest BCUT2D eigenvalue weighted by Gasteiger charge is -2.36. The number of aryl methyl sites for hydroxylation is 1. The van der Waals surface area contributed by atoms with E-state index < -0.39 is 0 Å². The molecule has 8 heteroatoms. The Kier molecular flexibility index (Phi) is 3.49. The summed E-state index contributed by atoms with van der Waals surface area (Å²) in [5, 5.41) is 5.53. The lowest BCUT2D eigenvalue weighted by atomic mass is 10.2. The summed E-state index contributed by atoms with van der Waals surface area (Å²) in [6, 6.07) is 3.82. The zero-order valence-corrected chi connectivity index (χ0v) is 13.4. The minimum Gasteiger partial charge on any atom is -0.353 e. The molecule has 0 atom stereocenters. The van der Waals surface area contributed by atoms with Gasteiger partial charge in [-0.2, -0.15) is 4.98 Å². The van der Waals surface area contributed by atoms with Crippen molar-refractivity contribution in [2.75, 3.05) is 36.0 Å². The van der Waals surface area contributed by atoms with E-state index in [1.807, 2.05) is 19.1 Å². The van der Waals surface area contributed by atoms with Crippen LogP contribution in [0, 0.1) is 6.92 Å². The van der Waals surface area contributed by atoms with Gasteiger partial charge in [0.15, 0.2) is 0 Å². The lowest BCUT2D eigenvalue weighted by molar-refractivity contribution is 0.442. The fourth-order valence-electron chi connectivity index (χ4n) is 2.85. The Balaban J connectivity index is 1.55.